The van der Waals surface area contributed by atoms with Crippen LogP contribution >= 0.6 is 0 Å². The summed E-state index contributed by atoms with van der Waals surface area (Å²) in [5.74, 6) is 1.84. The molecular formula is C19H16N4O4. The van der Waals surface area contributed by atoms with Crippen molar-refractivity contribution >= 4 is 22.1 Å². The van der Waals surface area contributed by atoms with Crippen molar-refractivity contribution in [1.82, 2.24) is 19.5 Å². The van der Waals surface area contributed by atoms with Crippen LogP contribution in [0.3, 0.4) is 0 Å². The van der Waals surface area contributed by atoms with Gasteiger partial charge >= 0.3 is 5.69 Å². The lowest BCUT2D eigenvalue weighted by molar-refractivity contribution is 0.173. The van der Waals surface area contributed by atoms with Gasteiger partial charge in [0.05, 0.1) is 24.0 Å². The smallest absolute Gasteiger partial charge is 0.332 e. The Labute approximate surface area is 153 Å². The number of nitrogens with zero attached hydrogens (tertiary/aromatic N) is 3. The van der Waals surface area contributed by atoms with E-state index in [-0.39, 0.29) is 5.69 Å². The normalized spacial score (nSPS) is 13.2. The Morgan fingerprint density at radius 1 is 1.22 bits per heavy atom. The van der Waals surface area contributed by atoms with Crippen molar-refractivity contribution < 1.29 is 14.2 Å². The van der Waals surface area contributed by atoms with Crippen molar-refractivity contribution in [2.75, 3.05) is 19.8 Å². The average Bonchev–Trinajstić information content (AvgIpc) is 3.04. The summed E-state index contributed by atoms with van der Waals surface area (Å²) in [6, 6.07) is 7.30. The average molecular weight is 364 g/mol. The van der Waals surface area contributed by atoms with Crippen LogP contribution < -0.4 is 19.9 Å². The third-order valence-corrected chi connectivity index (χ3v) is 4.45. The molecule has 0 amide bonds. The van der Waals surface area contributed by atoms with E-state index in [2.05, 4.69) is 15.0 Å². The molecule has 1 aliphatic rings. The van der Waals surface area contributed by atoms with Crippen molar-refractivity contribution in [3.63, 3.8) is 0 Å². The molecule has 0 radical (unpaired) electrons. The lowest BCUT2D eigenvalue weighted by Gasteiger charge is -2.19. The SMILES string of the molecule is CCOc1ccnc2[nH]c(=O)n(-c3ccc4ncc5c(c4c3)OCCO5)c12. The third kappa shape index (κ3) is 2.41. The Morgan fingerprint density at radius 2 is 2.11 bits per heavy atom. The first-order valence-corrected chi connectivity index (χ1v) is 8.67. The second kappa shape index (κ2) is 6.01. The fourth-order valence-electron chi connectivity index (χ4n) is 3.35. The van der Waals surface area contributed by atoms with E-state index < -0.39 is 0 Å². The molecule has 1 N–H and O–H groups in total. The van der Waals surface area contributed by atoms with E-state index in [1.165, 1.54) is 0 Å². The number of imidazole rings is 1. The van der Waals surface area contributed by atoms with Gasteiger partial charge in [0.1, 0.15) is 24.5 Å². The molecule has 0 saturated heterocycles. The van der Waals surface area contributed by atoms with E-state index in [1.807, 2.05) is 25.1 Å². The summed E-state index contributed by atoms with van der Waals surface area (Å²) in [5.41, 5.74) is 2.20. The Balaban J connectivity index is 1.79. The van der Waals surface area contributed by atoms with Crippen LogP contribution in [0.1, 0.15) is 6.92 Å². The van der Waals surface area contributed by atoms with E-state index in [0.717, 1.165) is 10.9 Å². The maximum Gasteiger partial charge on any atom is 0.332 e. The van der Waals surface area contributed by atoms with E-state index in [1.54, 1.807) is 23.0 Å². The van der Waals surface area contributed by atoms with Gasteiger partial charge in [0.25, 0.3) is 0 Å². The molecule has 8 heteroatoms. The maximum absolute atomic E-state index is 12.7. The van der Waals surface area contributed by atoms with Gasteiger partial charge in [0, 0.05) is 17.6 Å². The molecule has 0 saturated carbocycles. The molecule has 5 rings (SSSR count). The third-order valence-electron chi connectivity index (χ3n) is 4.45. The van der Waals surface area contributed by atoms with Crippen LogP contribution in [0.2, 0.25) is 0 Å². The molecule has 0 aliphatic carbocycles. The summed E-state index contributed by atoms with van der Waals surface area (Å²) >= 11 is 0. The molecule has 0 spiro atoms. The Hall–Kier alpha value is -3.55. The molecule has 4 heterocycles. The number of nitrogens with one attached hydrogen (secondary N) is 1. The van der Waals surface area contributed by atoms with Crippen LogP contribution in [0.5, 0.6) is 17.2 Å². The topological polar surface area (TPSA) is 91.3 Å². The van der Waals surface area contributed by atoms with Crippen molar-refractivity contribution in [1.29, 1.82) is 0 Å². The van der Waals surface area contributed by atoms with E-state index in [0.29, 0.717) is 53.9 Å². The summed E-state index contributed by atoms with van der Waals surface area (Å²) in [5, 5.41) is 0.785. The molecule has 0 bridgehead atoms. The van der Waals surface area contributed by atoms with Crippen LogP contribution in [-0.2, 0) is 0 Å². The zero-order chi connectivity index (χ0) is 18.4. The molecule has 8 nitrogen and oxygen atoms in total. The van der Waals surface area contributed by atoms with Gasteiger partial charge in [-0.1, -0.05) is 0 Å². The Bertz CT molecular complexity index is 1230. The number of aromatic amines is 1. The minimum atomic E-state index is -0.293. The molecule has 3 aromatic heterocycles. The fourth-order valence-corrected chi connectivity index (χ4v) is 3.35. The number of rotatable bonds is 3. The van der Waals surface area contributed by atoms with Gasteiger partial charge in [-0.2, -0.15) is 0 Å². The highest BCUT2D eigenvalue weighted by atomic mass is 16.6. The minimum Gasteiger partial charge on any atom is -0.491 e. The van der Waals surface area contributed by atoms with Crippen LogP contribution in [-0.4, -0.2) is 39.3 Å². The van der Waals surface area contributed by atoms with E-state index in [4.69, 9.17) is 14.2 Å². The Kier molecular flexibility index (Phi) is 3.49. The lowest BCUT2D eigenvalue weighted by Crippen LogP contribution is -2.16. The fraction of sp³-hybridized carbons (Fsp3) is 0.211. The van der Waals surface area contributed by atoms with E-state index >= 15 is 0 Å². The first-order chi connectivity index (χ1) is 13.3. The van der Waals surface area contributed by atoms with Gasteiger partial charge < -0.3 is 14.2 Å². The van der Waals surface area contributed by atoms with Crippen molar-refractivity contribution in [3.05, 3.63) is 47.1 Å². The second-order valence-corrected chi connectivity index (χ2v) is 6.05. The van der Waals surface area contributed by atoms with Crippen LogP contribution in [0.15, 0.2) is 41.5 Å². The number of pyridine rings is 2. The lowest BCUT2D eigenvalue weighted by atomic mass is 10.1. The molecule has 0 atom stereocenters. The number of ether oxygens (including phenoxy) is 3. The largest absolute Gasteiger partial charge is 0.491 e. The van der Waals surface area contributed by atoms with Crippen LogP contribution in [0.4, 0.5) is 0 Å². The predicted molar refractivity (Wildman–Crippen MR) is 99.2 cm³/mol. The quantitative estimate of drug-likeness (QED) is 0.600. The van der Waals surface area contributed by atoms with Gasteiger partial charge in [-0.05, 0) is 25.1 Å². The second-order valence-electron chi connectivity index (χ2n) is 6.05. The molecule has 136 valence electrons. The highest BCUT2D eigenvalue weighted by Gasteiger charge is 2.19. The zero-order valence-corrected chi connectivity index (χ0v) is 14.6. The molecule has 1 aliphatic heterocycles. The Morgan fingerprint density at radius 3 is 3.00 bits per heavy atom. The molecule has 0 fully saturated rings. The molecule has 1 aromatic carbocycles. The summed E-state index contributed by atoms with van der Waals surface area (Å²) < 4.78 is 18.7. The molecule has 0 unspecified atom stereocenters. The number of hydrogen-bond donors (Lipinski definition) is 1. The van der Waals surface area contributed by atoms with Crippen molar-refractivity contribution in [2.24, 2.45) is 0 Å². The standard InChI is InChI=1S/C19H16N4O4/c1-2-25-14-5-6-20-18-16(14)23(19(24)22-18)11-3-4-13-12(9-11)17-15(10-21-13)26-7-8-27-17/h3-6,9-10H,2,7-8H2,1H3,(H,20,22,24). The summed E-state index contributed by atoms with van der Waals surface area (Å²) in [6.45, 7) is 3.35. The zero-order valence-electron chi connectivity index (χ0n) is 14.6. The molecular weight excluding hydrogens is 348 g/mol. The van der Waals surface area contributed by atoms with Crippen molar-refractivity contribution in [3.8, 4) is 22.9 Å². The van der Waals surface area contributed by atoms with Gasteiger partial charge in [-0.25, -0.2) is 9.78 Å². The van der Waals surface area contributed by atoms with Gasteiger partial charge in [-0.15, -0.1) is 0 Å². The summed E-state index contributed by atoms with van der Waals surface area (Å²) in [6.07, 6.45) is 3.27. The van der Waals surface area contributed by atoms with Gasteiger partial charge in [0.15, 0.2) is 17.1 Å². The first kappa shape index (κ1) is 15.7. The van der Waals surface area contributed by atoms with E-state index in [9.17, 15) is 4.79 Å². The number of hydrogen-bond acceptors (Lipinski definition) is 6. The first-order valence-electron chi connectivity index (χ1n) is 8.67. The van der Waals surface area contributed by atoms with Crippen LogP contribution in [0.25, 0.3) is 27.8 Å². The molecule has 4 aromatic rings. The number of benzene rings is 1. The highest BCUT2D eigenvalue weighted by Crippen LogP contribution is 2.37. The van der Waals surface area contributed by atoms with Gasteiger partial charge in [-0.3, -0.25) is 14.5 Å². The van der Waals surface area contributed by atoms with Gasteiger partial charge in [0.2, 0.25) is 0 Å². The minimum absolute atomic E-state index is 0.293. The summed E-state index contributed by atoms with van der Waals surface area (Å²) in [7, 11) is 0. The highest BCUT2D eigenvalue weighted by molar-refractivity contribution is 5.90. The summed E-state index contributed by atoms with van der Waals surface area (Å²) in [4.78, 5) is 24.1. The number of H-pyrrole nitrogens is 1. The molecule has 27 heavy (non-hydrogen) atoms. The number of fused-ring (bicyclic) bond motifs is 4. The van der Waals surface area contributed by atoms with Crippen molar-refractivity contribution in [2.45, 2.75) is 6.92 Å². The van der Waals surface area contributed by atoms with Crippen LogP contribution in [0, 0.1) is 0 Å². The number of aromatic nitrogens is 4. The monoisotopic (exact) mass is 364 g/mol. The maximum atomic E-state index is 12.7. The predicted octanol–water partition coefficient (Wildman–Crippen LogP) is 2.43.